The van der Waals surface area contributed by atoms with Gasteiger partial charge in [-0.15, -0.1) is 12.4 Å². The summed E-state index contributed by atoms with van der Waals surface area (Å²) in [6.07, 6.45) is 3.92. The van der Waals surface area contributed by atoms with Gasteiger partial charge in [0.2, 0.25) is 11.8 Å². The Balaban J connectivity index is 0.00000210. The predicted molar refractivity (Wildman–Crippen MR) is 108 cm³/mol. The second-order valence-corrected chi connectivity index (χ2v) is 8.25. The Morgan fingerprint density at radius 3 is 2.30 bits per heavy atom. The van der Waals surface area contributed by atoms with E-state index in [0.29, 0.717) is 44.4 Å². The van der Waals surface area contributed by atoms with Crippen LogP contribution in [0.4, 0.5) is 0 Å². The number of benzene rings is 1. The number of hydrogen-bond acceptors (Lipinski definition) is 3. The van der Waals surface area contributed by atoms with E-state index >= 15 is 0 Å². The van der Waals surface area contributed by atoms with Gasteiger partial charge in [-0.1, -0.05) is 24.3 Å². The summed E-state index contributed by atoms with van der Waals surface area (Å²) in [6, 6.07) is 8.07. The van der Waals surface area contributed by atoms with E-state index in [1.807, 2.05) is 41.0 Å². The van der Waals surface area contributed by atoms with E-state index in [0.717, 1.165) is 24.0 Å². The van der Waals surface area contributed by atoms with Crippen molar-refractivity contribution < 1.29 is 9.59 Å². The number of rotatable bonds is 3. The van der Waals surface area contributed by atoms with Crippen LogP contribution in [0.1, 0.15) is 30.4 Å². The number of halogens is 1. The van der Waals surface area contributed by atoms with Crippen LogP contribution < -0.4 is 5.73 Å². The minimum Gasteiger partial charge on any atom is -0.339 e. The topological polar surface area (TPSA) is 66.6 Å². The second kappa shape index (κ2) is 8.19. The van der Waals surface area contributed by atoms with Crippen LogP contribution in [-0.2, 0) is 16.0 Å². The first-order chi connectivity index (χ1) is 12.5. The van der Waals surface area contributed by atoms with E-state index < -0.39 is 0 Å². The Morgan fingerprint density at radius 1 is 1.04 bits per heavy atom. The van der Waals surface area contributed by atoms with Crippen LogP contribution in [0, 0.1) is 24.7 Å². The molecule has 27 heavy (non-hydrogen) atoms. The van der Waals surface area contributed by atoms with Crippen LogP contribution in [-0.4, -0.2) is 53.8 Å². The molecule has 0 radical (unpaired) electrons. The molecular weight excluding hydrogens is 362 g/mol. The molecule has 2 N–H and O–H groups in total. The van der Waals surface area contributed by atoms with Crippen molar-refractivity contribution >= 4 is 24.2 Å². The molecule has 3 aliphatic rings. The summed E-state index contributed by atoms with van der Waals surface area (Å²) < 4.78 is 0. The van der Waals surface area contributed by atoms with Crippen molar-refractivity contribution in [3.05, 3.63) is 35.4 Å². The number of carbonyl (C=O) groups excluding carboxylic acids is 2. The van der Waals surface area contributed by atoms with Gasteiger partial charge in [-0.3, -0.25) is 9.59 Å². The highest BCUT2D eigenvalue weighted by atomic mass is 35.5. The molecule has 1 aromatic rings. The summed E-state index contributed by atoms with van der Waals surface area (Å²) >= 11 is 0. The molecule has 148 valence electrons. The lowest BCUT2D eigenvalue weighted by Gasteiger charge is -2.38. The lowest BCUT2D eigenvalue weighted by molar-refractivity contribution is -0.143. The van der Waals surface area contributed by atoms with Gasteiger partial charge in [-0.2, -0.15) is 0 Å². The third-order valence-electron chi connectivity index (χ3n) is 6.81. The molecule has 5 nitrogen and oxygen atoms in total. The number of nitrogens with two attached hydrogens (primary N) is 1. The summed E-state index contributed by atoms with van der Waals surface area (Å²) in [5, 5.41) is 0. The molecule has 1 aliphatic heterocycles. The molecule has 3 fully saturated rings. The maximum atomic E-state index is 13.0. The highest BCUT2D eigenvalue weighted by Crippen LogP contribution is 2.48. The van der Waals surface area contributed by atoms with Gasteiger partial charge in [0, 0.05) is 32.2 Å². The Bertz CT molecular complexity index is 700. The third kappa shape index (κ3) is 3.85. The van der Waals surface area contributed by atoms with E-state index in [4.69, 9.17) is 5.73 Å². The first-order valence-corrected chi connectivity index (χ1v) is 9.91. The lowest BCUT2D eigenvalue weighted by atomic mass is 9.84. The van der Waals surface area contributed by atoms with Gasteiger partial charge in [-0.05, 0) is 49.1 Å². The Kier molecular flexibility index (Phi) is 6.11. The molecule has 2 amide bonds. The minimum absolute atomic E-state index is 0. The Hall–Kier alpha value is -1.59. The standard InChI is InChI=1S/C21H29N3O2.ClH/c1-14-4-2-3-5-15(14)13-18(25)23-8-10-24(11-9-23)21(26)19-16-6-7-17(12-16)20(19)22;/h2-5,16-17,19-20H,6-13,22H2,1H3;1H. The molecule has 1 aromatic carbocycles. The van der Waals surface area contributed by atoms with E-state index in [2.05, 4.69) is 0 Å². The number of amides is 2. The van der Waals surface area contributed by atoms with Crippen molar-refractivity contribution in [2.45, 2.75) is 38.6 Å². The zero-order chi connectivity index (χ0) is 18.3. The van der Waals surface area contributed by atoms with E-state index in [1.165, 1.54) is 6.42 Å². The second-order valence-electron chi connectivity index (χ2n) is 8.25. The number of hydrogen-bond donors (Lipinski definition) is 1. The normalized spacial score (nSPS) is 29.6. The summed E-state index contributed by atoms with van der Waals surface area (Å²) in [6.45, 7) is 4.58. The summed E-state index contributed by atoms with van der Waals surface area (Å²) in [5.41, 5.74) is 8.58. The Morgan fingerprint density at radius 2 is 1.67 bits per heavy atom. The number of fused-ring (bicyclic) bond motifs is 2. The maximum absolute atomic E-state index is 13.0. The van der Waals surface area contributed by atoms with E-state index in [-0.39, 0.29) is 36.2 Å². The molecule has 0 spiro atoms. The average molecular weight is 392 g/mol. The fourth-order valence-electron chi connectivity index (χ4n) is 5.17. The Labute approximate surface area is 167 Å². The van der Waals surface area contributed by atoms with E-state index in [1.54, 1.807) is 0 Å². The molecule has 4 atom stereocenters. The number of nitrogens with zero attached hydrogens (tertiary/aromatic N) is 2. The summed E-state index contributed by atoms with van der Waals surface area (Å²) in [4.78, 5) is 29.4. The SMILES string of the molecule is Cc1ccccc1CC(=O)N1CCN(C(=O)C2C3CCC(C3)C2N)CC1.Cl. The third-order valence-corrected chi connectivity index (χ3v) is 6.81. The van der Waals surface area contributed by atoms with Crippen molar-refractivity contribution in [3.63, 3.8) is 0 Å². The molecule has 4 unspecified atom stereocenters. The zero-order valence-corrected chi connectivity index (χ0v) is 16.8. The molecule has 0 aromatic heterocycles. The van der Waals surface area contributed by atoms with Crippen molar-refractivity contribution in [2.24, 2.45) is 23.5 Å². The van der Waals surface area contributed by atoms with Gasteiger partial charge < -0.3 is 15.5 Å². The monoisotopic (exact) mass is 391 g/mol. The summed E-state index contributed by atoms with van der Waals surface area (Å²) in [5.74, 6) is 1.44. The fraction of sp³-hybridized carbons (Fsp3) is 0.619. The molecule has 6 heteroatoms. The first-order valence-electron chi connectivity index (χ1n) is 9.91. The summed E-state index contributed by atoms with van der Waals surface area (Å²) in [7, 11) is 0. The highest BCUT2D eigenvalue weighted by molar-refractivity contribution is 5.85. The minimum atomic E-state index is 0. The van der Waals surface area contributed by atoms with E-state index in [9.17, 15) is 9.59 Å². The lowest BCUT2D eigenvalue weighted by Crippen LogP contribution is -2.55. The number of piperazine rings is 1. The van der Waals surface area contributed by atoms with Gasteiger partial charge in [0.15, 0.2) is 0 Å². The van der Waals surface area contributed by atoms with Crippen LogP contribution >= 0.6 is 12.4 Å². The smallest absolute Gasteiger partial charge is 0.227 e. The predicted octanol–water partition coefficient (Wildman–Crippen LogP) is 2.00. The van der Waals surface area contributed by atoms with Crippen LogP contribution in [0.2, 0.25) is 0 Å². The van der Waals surface area contributed by atoms with Crippen LogP contribution in [0.15, 0.2) is 24.3 Å². The fourth-order valence-corrected chi connectivity index (χ4v) is 5.17. The molecular formula is C21H30ClN3O2. The van der Waals surface area contributed by atoms with Gasteiger partial charge in [0.25, 0.3) is 0 Å². The van der Waals surface area contributed by atoms with Gasteiger partial charge >= 0.3 is 0 Å². The number of carbonyl (C=O) groups is 2. The van der Waals surface area contributed by atoms with Gasteiger partial charge in [-0.25, -0.2) is 0 Å². The molecule has 1 saturated heterocycles. The van der Waals surface area contributed by atoms with Crippen molar-refractivity contribution in [2.75, 3.05) is 26.2 Å². The molecule has 4 rings (SSSR count). The number of aryl methyl sites for hydroxylation is 1. The largest absolute Gasteiger partial charge is 0.339 e. The zero-order valence-electron chi connectivity index (χ0n) is 16.0. The molecule has 2 aliphatic carbocycles. The van der Waals surface area contributed by atoms with Crippen LogP contribution in [0.5, 0.6) is 0 Å². The average Bonchev–Trinajstić information content (AvgIpc) is 3.24. The highest BCUT2D eigenvalue weighted by Gasteiger charge is 2.50. The van der Waals surface area contributed by atoms with Crippen LogP contribution in [0.25, 0.3) is 0 Å². The van der Waals surface area contributed by atoms with Crippen molar-refractivity contribution in [1.82, 2.24) is 9.80 Å². The first kappa shape index (κ1) is 20.2. The van der Waals surface area contributed by atoms with Crippen LogP contribution in [0.3, 0.4) is 0 Å². The molecule has 2 bridgehead atoms. The quantitative estimate of drug-likeness (QED) is 0.857. The van der Waals surface area contributed by atoms with Gasteiger partial charge in [0.1, 0.15) is 0 Å². The molecule has 2 saturated carbocycles. The van der Waals surface area contributed by atoms with Crippen molar-refractivity contribution in [1.29, 1.82) is 0 Å². The van der Waals surface area contributed by atoms with Gasteiger partial charge in [0.05, 0.1) is 12.3 Å². The molecule has 1 heterocycles. The maximum Gasteiger partial charge on any atom is 0.227 e. The van der Waals surface area contributed by atoms with Crippen molar-refractivity contribution in [3.8, 4) is 0 Å².